The van der Waals surface area contributed by atoms with Crippen molar-refractivity contribution in [1.29, 1.82) is 0 Å². The van der Waals surface area contributed by atoms with E-state index in [1.54, 1.807) is 0 Å². The van der Waals surface area contributed by atoms with Crippen LogP contribution in [0.1, 0.15) is 17.0 Å². The Morgan fingerprint density at radius 1 is 0.913 bits per heavy atom. The molecular formula is C18H16N4O. The standard InChI is InChI=1S/C18H16N4O/c1-11-7-6-10-16(12(11)2)23-18-17-21-20-13(3)22(17)15-9-5-4-8-14(15)19-18/h4-10H,1-3H3. The lowest BCUT2D eigenvalue weighted by molar-refractivity contribution is 0.463. The van der Waals surface area contributed by atoms with Gasteiger partial charge in [0.05, 0.1) is 11.0 Å². The highest BCUT2D eigenvalue weighted by Crippen LogP contribution is 2.30. The second-order valence-electron chi connectivity index (χ2n) is 5.61. The van der Waals surface area contributed by atoms with Gasteiger partial charge in [-0.2, -0.15) is 0 Å². The van der Waals surface area contributed by atoms with Crippen LogP contribution >= 0.6 is 0 Å². The summed E-state index contributed by atoms with van der Waals surface area (Å²) in [4.78, 5) is 4.64. The number of aromatic nitrogens is 4. The minimum Gasteiger partial charge on any atom is -0.436 e. The van der Waals surface area contributed by atoms with E-state index < -0.39 is 0 Å². The fraction of sp³-hybridized carbons (Fsp3) is 0.167. The molecule has 0 N–H and O–H groups in total. The predicted molar refractivity (Wildman–Crippen MR) is 89.0 cm³/mol. The number of hydrogen-bond donors (Lipinski definition) is 0. The summed E-state index contributed by atoms with van der Waals surface area (Å²) in [6, 6.07) is 13.9. The molecule has 23 heavy (non-hydrogen) atoms. The van der Waals surface area contributed by atoms with Crippen LogP contribution in [-0.2, 0) is 0 Å². The quantitative estimate of drug-likeness (QED) is 0.562. The van der Waals surface area contributed by atoms with Crippen LogP contribution < -0.4 is 4.74 Å². The van der Waals surface area contributed by atoms with E-state index >= 15 is 0 Å². The van der Waals surface area contributed by atoms with Crippen LogP contribution in [-0.4, -0.2) is 19.6 Å². The lowest BCUT2D eigenvalue weighted by atomic mass is 10.1. The van der Waals surface area contributed by atoms with Crippen molar-refractivity contribution in [3.63, 3.8) is 0 Å². The summed E-state index contributed by atoms with van der Waals surface area (Å²) in [5, 5.41) is 8.42. The first-order valence-corrected chi connectivity index (χ1v) is 7.49. The Kier molecular flexibility index (Phi) is 3.01. The molecule has 0 aliphatic carbocycles. The van der Waals surface area contributed by atoms with Gasteiger partial charge in [0.2, 0.25) is 5.65 Å². The van der Waals surface area contributed by atoms with Crippen molar-refractivity contribution in [3.8, 4) is 11.6 Å². The number of benzene rings is 2. The number of nitrogens with zero attached hydrogens (tertiary/aromatic N) is 4. The molecule has 5 nitrogen and oxygen atoms in total. The number of para-hydroxylation sites is 2. The van der Waals surface area contributed by atoms with E-state index in [0.29, 0.717) is 11.5 Å². The molecule has 0 saturated heterocycles. The van der Waals surface area contributed by atoms with Gasteiger partial charge in [0, 0.05) is 0 Å². The molecular weight excluding hydrogens is 288 g/mol. The second-order valence-corrected chi connectivity index (χ2v) is 5.61. The minimum absolute atomic E-state index is 0.470. The van der Waals surface area contributed by atoms with Crippen LogP contribution in [0.3, 0.4) is 0 Å². The number of fused-ring (bicyclic) bond motifs is 3. The number of rotatable bonds is 2. The van der Waals surface area contributed by atoms with Gasteiger partial charge in [-0.15, -0.1) is 10.2 Å². The van der Waals surface area contributed by atoms with Gasteiger partial charge in [0.1, 0.15) is 11.6 Å². The Morgan fingerprint density at radius 3 is 2.61 bits per heavy atom. The summed E-state index contributed by atoms with van der Waals surface area (Å²) in [5.41, 5.74) is 4.72. The lowest BCUT2D eigenvalue weighted by Gasteiger charge is -2.11. The topological polar surface area (TPSA) is 52.3 Å². The SMILES string of the molecule is Cc1cccc(Oc2nc3ccccc3n3c(C)nnc23)c1C. The largest absolute Gasteiger partial charge is 0.436 e. The van der Waals surface area contributed by atoms with E-state index in [9.17, 15) is 0 Å². The zero-order chi connectivity index (χ0) is 16.0. The lowest BCUT2D eigenvalue weighted by Crippen LogP contribution is -1.99. The average Bonchev–Trinajstić information content (AvgIpc) is 2.94. The average molecular weight is 304 g/mol. The molecule has 2 aromatic carbocycles. The van der Waals surface area contributed by atoms with E-state index in [1.165, 1.54) is 5.56 Å². The molecule has 0 radical (unpaired) electrons. The van der Waals surface area contributed by atoms with E-state index in [0.717, 1.165) is 28.2 Å². The van der Waals surface area contributed by atoms with Crippen molar-refractivity contribution in [2.75, 3.05) is 0 Å². The fourth-order valence-electron chi connectivity index (χ4n) is 2.70. The number of hydrogen-bond acceptors (Lipinski definition) is 4. The summed E-state index contributed by atoms with van der Waals surface area (Å²) >= 11 is 0. The van der Waals surface area contributed by atoms with Crippen LogP contribution in [0, 0.1) is 20.8 Å². The van der Waals surface area contributed by atoms with Crippen molar-refractivity contribution in [2.24, 2.45) is 0 Å². The molecule has 114 valence electrons. The zero-order valence-corrected chi connectivity index (χ0v) is 13.2. The van der Waals surface area contributed by atoms with Crippen LogP contribution in [0.5, 0.6) is 11.6 Å². The van der Waals surface area contributed by atoms with Crippen LogP contribution in [0.2, 0.25) is 0 Å². The molecule has 4 rings (SSSR count). The van der Waals surface area contributed by atoms with Gasteiger partial charge < -0.3 is 4.74 Å². The smallest absolute Gasteiger partial charge is 0.266 e. The Hall–Kier alpha value is -2.95. The van der Waals surface area contributed by atoms with Crippen molar-refractivity contribution in [3.05, 3.63) is 59.4 Å². The summed E-state index contributed by atoms with van der Waals surface area (Å²) in [7, 11) is 0. The maximum atomic E-state index is 6.09. The third-order valence-electron chi connectivity index (χ3n) is 4.12. The van der Waals surface area contributed by atoms with Gasteiger partial charge in [0.15, 0.2) is 0 Å². The number of ether oxygens (including phenoxy) is 1. The molecule has 4 aromatic rings. The van der Waals surface area contributed by atoms with Gasteiger partial charge in [-0.05, 0) is 50.1 Å². The molecule has 0 spiro atoms. The summed E-state index contributed by atoms with van der Waals surface area (Å²) in [5.74, 6) is 2.07. The maximum Gasteiger partial charge on any atom is 0.266 e. The van der Waals surface area contributed by atoms with Crippen molar-refractivity contribution >= 4 is 16.7 Å². The highest BCUT2D eigenvalue weighted by Gasteiger charge is 2.15. The Labute approximate surface area is 133 Å². The highest BCUT2D eigenvalue weighted by atomic mass is 16.5. The molecule has 0 atom stereocenters. The van der Waals surface area contributed by atoms with Crippen LogP contribution in [0.15, 0.2) is 42.5 Å². The first kappa shape index (κ1) is 13.7. The van der Waals surface area contributed by atoms with Crippen LogP contribution in [0.4, 0.5) is 0 Å². The molecule has 5 heteroatoms. The Balaban J connectivity index is 1.97. The maximum absolute atomic E-state index is 6.09. The van der Waals surface area contributed by atoms with Gasteiger partial charge >= 0.3 is 0 Å². The van der Waals surface area contributed by atoms with E-state index in [-0.39, 0.29) is 0 Å². The molecule has 2 aromatic heterocycles. The van der Waals surface area contributed by atoms with Gasteiger partial charge in [-0.25, -0.2) is 4.98 Å². The fourth-order valence-corrected chi connectivity index (χ4v) is 2.70. The van der Waals surface area contributed by atoms with Crippen molar-refractivity contribution in [1.82, 2.24) is 19.6 Å². The number of aryl methyl sites for hydroxylation is 2. The molecule has 0 fully saturated rings. The van der Waals surface area contributed by atoms with Gasteiger partial charge in [-0.1, -0.05) is 24.3 Å². The van der Waals surface area contributed by atoms with Gasteiger partial charge in [-0.3, -0.25) is 4.40 Å². The zero-order valence-electron chi connectivity index (χ0n) is 13.2. The third-order valence-corrected chi connectivity index (χ3v) is 4.12. The van der Waals surface area contributed by atoms with Crippen molar-refractivity contribution in [2.45, 2.75) is 20.8 Å². The van der Waals surface area contributed by atoms with E-state index in [1.807, 2.05) is 54.6 Å². The molecule has 0 unspecified atom stereocenters. The monoisotopic (exact) mass is 304 g/mol. The second kappa shape index (κ2) is 5.05. The van der Waals surface area contributed by atoms with Crippen molar-refractivity contribution < 1.29 is 4.74 Å². The van der Waals surface area contributed by atoms with Gasteiger partial charge in [0.25, 0.3) is 5.88 Å². The van der Waals surface area contributed by atoms with E-state index in [4.69, 9.17) is 4.74 Å². The Bertz CT molecular complexity index is 1040. The summed E-state index contributed by atoms with van der Waals surface area (Å²) in [6.07, 6.45) is 0. The molecule has 0 aliphatic rings. The Morgan fingerprint density at radius 2 is 1.74 bits per heavy atom. The molecule has 2 heterocycles. The molecule has 0 amide bonds. The normalized spacial score (nSPS) is 11.3. The minimum atomic E-state index is 0.470. The highest BCUT2D eigenvalue weighted by molar-refractivity contribution is 5.79. The predicted octanol–water partition coefficient (Wildman–Crippen LogP) is 4.00. The van der Waals surface area contributed by atoms with Crippen LogP contribution in [0.25, 0.3) is 16.7 Å². The molecule has 0 aliphatic heterocycles. The molecule has 0 saturated carbocycles. The first-order valence-electron chi connectivity index (χ1n) is 7.49. The summed E-state index contributed by atoms with van der Waals surface area (Å²) < 4.78 is 8.07. The summed E-state index contributed by atoms with van der Waals surface area (Å²) in [6.45, 7) is 6.03. The third kappa shape index (κ3) is 2.12. The molecule has 0 bridgehead atoms. The van der Waals surface area contributed by atoms with E-state index in [2.05, 4.69) is 28.2 Å². The first-order chi connectivity index (χ1) is 11.1.